The van der Waals surface area contributed by atoms with Crippen LogP contribution >= 0.6 is 27.3 Å². The van der Waals surface area contributed by atoms with E-state index < -0.39 is 0 Å². The topological polar surface area (TPSA) is 38.3 Å². The van der Waals surface area contributed by atoms with Crippen LogP contribution in [0.1, 0.15) is 24.1 Å². The lowest BCUT2D eigenvalue weighted by atomic mass is 10.1. The minimum atomic E-state index is 0.257. The van der Waals surface area contributed by atoms with Crippen molar-refractivity contribution in [1.29, 1.82) is 0 Å². The summed E-state index contributed by atoms with van der Waals surface area (Å²) in [5.74, 6) is 0.257. The molecule has 3 nitrogen and oxygen atoms in total. The maximum absolute atomic E-state index is 11.8. The molecule has 0 spiro atoms. The van der Waals surface area contributed by atoms with Crippen molar-refractivity contribution in [2.75, 3.05) is 19.7 Å². The summed E-state index contributed by atoms with van der Waals surface area (Å²) in [6.45, 7) is 2.62. The third-order valence-corrected chi connectivity index (χ3v) is 5.00. The second-order valence-corrected chi connectivity index (χ2v) is 6.33. The SMILES string of the molecule is O=C(CCOC1CCNCC1)Cc1sccc1Br. The summed E-state index contributed by atoms with van der Waals surface area (Å²) in [5, 5.41) is 5.30. The lowest BCUT2D eigenvalue weighted by Gasteiger charge is -2.22. The molecule has 1 aromatic heterocycles. The fourth-order valence-electron chi connectivity index (χ4n) is 2.02. The minimum absolute atomic E-state index is 0.257. The molecule has 0 aromatic carbocycles. The van der Waals surface area contributed by atoms with E-state index in [0.717, 1.165) is 35.3 Å². The van der Waals surface area contributed by atoms with Crippen molar-refractivity contribution in [3.05, 3.63) is 20.8 Å². The summed E-state index contributed by atoms with van der Waals surface area (Å²) in [5.41, 5.74) is 0. The Kier molecular flexibility index (Phi) is 5.82. The maximum Gasteiger partial charge on any atom is 0.140 e. The molecule has 1 aliphatic rings. The summed E-state index contributed by atoms with van der Waals surface area (Å²) in [6.07, 6.45) is 3.50. The summed E-state index contributed by atoms with van der Waals surface area (Å²) in [7, 11) is 0. The highest BCUT2D eigenvalue weighted by Gasteiger charge is 2.14. The normalized spacial score (nSPS) is 16.9. The number of halogens is 1. The summed E-state index contributed by atoms with van der Waals surface area (Å²) in [4.78, 5) is 12.9. The molecule has 1 aromatic rings. The van der Waals surface area contributed by atoms with Crippen LogP contribution in [0.5, 0.6) is 0 Å². The average molecular weight is 332 g/mol. The van der Waals surface area contributed by atoms with Crippen molar-refractivity contribution < 1.29 is 9.53 Å². The van der Waals surface area contributed by atoms with Crippen molar-refractivity contribution in [2.45, 2.75) is 31.8 Å². The summed E-state index contributed by atoms with van der Waals surface area (Å²) < 4.78 is 6.78. The number of hydrogen-bond acceptors (Lipinski definition) is 4. The molecule has 5 heteroatoms. The van der Waals surface area contributed by atoms with Crippen LogP contribution in [0.3, 0.4) is 0 Å². The molecule has 1 aliphatic heterocycles. The Morgan fingerprint density at radius 2 is 2.28 bits per heavy atom. The van der Waals surface area contributed by atoms with Gasteiger partial charge in [-0.1, -0.05) is 0 Å². The van der Waals surface area contributed by atoms with Gasteiger partial charge in [-0.2, -0.15) is 0 Å². The van der Waals surface area contributed by atoms with E-state index in [4.69, 9.17) is 4.74 Å². The first-order valence-corrected chi connectivity index (χ1v) is 7.99. The molecular weight excluding hydrogens is 314 g/mol. The lowest BCUT2D eigenvalue weighted by Crippen LogP contribution is -2.32. The van der Waals surface area contributed by atoms with E-state index >= 15 is 0 Å². The number of carbonyl (C=O) groups excluding carboxylic acids is 1. The molecule has 18 heavy (non-hydrogen) atoms. The quantitative estimate of drug-likeness (QED) is 0.871. The Bertz CT molecular complexity index is 388. The molecule has 0 unspecified atom stereocenters. The molecule has 0 amide bonds. The Morgan fingerprint density at radius 1 is 1.50 bits per heavy atom. The van der Waals surface area contributed by atoms with Crippen LogP contribution < -0.4 is 5.32 Å². The second kappa shape index (κ2) is 7.38. The van der Waals surface area contributed by atoms with Crippen molar-refractivity contribution in [2.24, 2.45) is 0 Å². The molecule has 0 saturated carbocycles. The molecule has 0 radical (unpaired) electrons. The van der Waals surface area contributed by atoms with Crippen molar-refractivity contribution in [3.8, 4) is 0 Å². The number of rotatable bonds is 6. The zero-order valence-electron chi connectivity index (χ0n) is 10.3. The molecule has 0 atom stereocenters. The fourth-order valence-corrected chi connectivity index (χ4v) is 3.54. The van der Waals surface area contributed by atoms with Crippen LogP contribution in [-0.2, 0) is 16.0 Å². The van der Waals surface area contributed by atoms with Gasteiger partial charge >= 0.3 is 0 Å². The number of hydrogen-bond donors (Lipinski definition) is 1. The lowest BCUT2D eigenvalue weighted by molar-refractivity contribution is -0.120. The average Bonchev–Trinajstić information content (AvgIpc) is 2.76. The van der Waals surface area contributed by atoms with Gasteiger partial charge in [0.1, 0.15) is 5.78 Å². The molecule has 100 valence electrons. The third kappa shape index (κ3) is 4.46. The number of ketones is 1. The minimum Gasteiger partial charge on any atom is -0.378 e. The number of thiophene rings is 1. The number of Topliss-reactive ketones (excluding diaryl/α,β-unsaturated/α-hetero) is 1. The van der Waals surface area contributed by atoms with E-state index in [1.165, 1.54) is 0 Å². The summed E-state index contributed by atoms with van der Waals surface area (Å²) in [6, 6.07) is 1.98. The molecule has 2 heterocycles. The Balaban J connectivity index is 1.64. The number of carbonyl (C=O) groups is 1. The number of piperidine rings is 1. The Labute approximate surface area is 120 Å². The van der Waals surface area contributed by atoms with Gasteiger partial charge in [-0.15, -0.1) is 11.3 Å². The molecule has 0 bridgehead atoms. The first kappa shape index (κ1) is 14.2. The van der Waals surface area contributed by atoms with Gasteiger partial charge in [-0.3, -0.25) is 4.79 Å². The molecule has 2 rings (SSSR count). The maximum atomic E-state index is 11.8. The second-order valence-electron chi connectivity index (χ2n) is 4.48. The van der Waals surface area contributed by atoms with Crippen LogP contribution in [0.25, 0.3) is 0 Å². The predicted molar refractivity (Wildman–Crippen MR) is 77.2 cm³/mol. The van der Waals surface area contributed by atoms with Gasteiger partial charge < -0.3 is 10.1 Å². The third-order valence-electron chi connectivity index (χ3n) is 3.07. The fraction of sp³-hybridized carbons (Fsp3) is 0.615. The van der Waals surface area contributed by atoms with Gasteiger partial charge in [-0.05, 0) is 53.3 Å². The smallest absolute Gasteiger partial charge is 0.140 e. The van der Waals surface area contributed by atoms with E-state index in [0.29, 0.717) is 25.6 Å². The van der Waals surface area contributed by atoms with Crippen LogP contribution in [0, 0.1) is 0 Å². The van der Waals surface area contributed by atoms with Crippen LogP contribution in [0.4, 0.5) is 0 Å². The van der Waals surface area contributed by atoms with Gasteiger partial charge in [0.25, 0.3) is 0 Å². The van der Waals surface area contributed by atoms with E-state index in [1.807, 2.05) is 11.4 Å². The molecule has 1 fully saturated rings. The van der Waals surface area contributed by atoms with Crippen LogP contribution in [0.15, 0.2) is 15.9 Å². The van der Waals surface area contributed by atoms with E-state index in [1.54, 1.807) is 11.3 Å². The molecular formula is C13H18BrNO2S. The summed E-state index contributed by atoms with van der Waals surface area (Å²) >= 11 is 5.07. The zero-order chi connectivity index (χ0) is 12.8. The largest absolute Gasteiger partial charge is 0.378 e. The Hall–Kier alpha value is -0.230. The number of nitrogens with one attached hydrogen (secondary N) is 1. The first-order valence-electron chi connectivity index (χ1n) is 6.31. The van der Waals surface area contributed by atoms with E-state index in [-0.39, 0.29) is 5.78 Å². The van der Waals surface area contributed by atoms with Crippen molar-refractivity contribution in [1.82, 2.24) is 5.32 Å². The molecule has 1 N–H and O–H groups in total. The van der Waals surface area contributed by atoms with Gasteiger partial charge in [0, 0.05) is 22.2 Å². The van der Waals surface area contributed by atoms with Gasteiger partial charge in [0.15, 0.2) is 0 Å². The zero-order valence-corrected chi connectivity index (χ0v) is 12.7. The highest BCUT2D eigenvalue weighted by molar-refractivity contribution is 9.10. The highest BCUT2D eigenvalue weighted by atomic mass is 79.9. The first-order chi connectivity index (χ1) is 8.75. The number of ether oxygens (including phenoxy) is 1. The van der Waals surface area contributed by atoms with Gasteiger partial charge in [0.2, 0.25) is 0 Å². The van der Waals surface area contributed by atoms with Crippen molar-refractivity contribution in [3.63, 3.8) is 0 Å². The van der Waals surface area contributed by atoms with Gasteiger partial charge in [0.05, 0.1) is 12.7 Å². The van der Waals surface area contributed by atoms with Crippen molar-refractivity contribution >= 4 is 33.0 Å². The van der Waals surface area contributed by atoms with Crippen LogP contribution in [-0.4, -0.2) is 31.6 Å². The predicted octanol–water partition coefficient (Wildman–Crippen LogP) is 2.78. The standard InChI is InChI=1S/C13H18BrNO2S/c14-12-4-8-18-13(12)9-10(16)3-7-17-11-1-5-15-6-2-11/h4,8,11,15H,1-3,5-7,9H2. The highest BCUT2D eigenvalue weighted by Crippen LogP contribution is 2.23. The van der Waals surface area contributed by atoms with Gasteiger partial charge in [-0.25, -0.2) is 0 Å². The monoisotopic (exact) mass is 331 g/mol. The molecule has 1 saturated heterocycles. The van der Waals surface area contributed by atoms with E-state index in [9.17, 15) is 4.79 Å². The van der Waals surface area contributed by atoms with E-state index in [2.05, 4.69) is 21.2 Å². The Morgan fingerprint density at radius 3 is 2.94 bits per heavy atom. The van der Waals surface area contributed by atoms with Crippen LogP contribution in [0.2, 0.25) is 0 Å². The molecule has 0 aliphatic carbocycles.